The van der Waals surface area contributed by atoms with Crippen LogP contribution in [0.5, 0.6) is 5.75 Å². The lowest BCUT2D eigenvalue weighted by molar-refractivity contribution is -0.0341. The number of aromatic hydroxyl groups is 1. The lowest BCUT2D eigenvalue weighted by Crippen LogP contribution is -2.66. The molecule has 3 N–H and O–H groups in total. The van der Waals surface area contributed by atoms with E-state index in [1.807, 2.05) is 12.1 Å². The van der Waals surface area contributed by atoms with E-state index in [0.29, 0.717) is 17.7 Å². The van der Waals surface area contributed by atoms with Crippen LogP contribution in [0.2, 0.25) is 0 Å². The summed E-state index contributed by atoms with van der Waals surface area (Å²) in [4.78, 5) is 14.7. The summed E-state index contributed by atoms with van der Waals surface area (Å²) >= 11 is 0. The predicted octanol–water partition coefficient (Wildman–Crippen LogP) is 2.52. The summed E-state index contributed by atoms with van der Waals surface area (Å²) in [5.41, 5.74) is 2.77. The molecule has 1 spiro atoms. The maximum absolute atomic E-state index is 12.0. The van der Waals surface area contributed by atoms with E-state index in [1.165, 1.54) is 36.9 Å². The summed E-state index contributed by atoms with van der Waals surface area (Å²) in [7, 11) is 0. The fourth-order valence-corrected chi connectivity index (χ4v) is 6.96. The minimum absolute atomic E-state index is 0.0143. The number of rotatable bonds is 2. The standard InChI is InChI=1S/C22H29N3O2/c26-16-4-3-15-9-19-17-5-6-21(13-23-20(27)24-21)12-22(17,18(15)10-16)7-8-25(19)11-14-1-2-14/h3-4,10,14,17,19,26H,1-2,5-9,11-13H2,(H2,23,24,27)/t17-,19+,21-,22-/m0/s1. The Balaban J connectivity index is 1.43. The minimum atomic E-state index is -0.114. The molecule has 0 aromatic heterocycles. The van der Waals surface area contributed by atoms with E-state index >= 15 is 0 Å². The van der Waals surface area contributed by atoms with Crippen LogP contribution in [-0.4, -0.2) is 47.3 Å². The molecule has 3 aliphatic carbocycles. The monoisotopic (exact) mass is 367 g/mol. The number of amides is 2. The Labute approximate surface area is 160 Å². The molecule has 4 fully saturated rings. The van der Waals surface area contributed by atoms with Crippen molar-refractivity contribution in [3.8, 4) is 5.75 Å². The van der Waals surface area contributed by atoms with Gasteiger partial charge in [-0.1, -0.05) is 6.07 Å². The van der Waals surface area contributed by atoms with Crippen LogP contribution in [0.25, 0.3) is 0 Å². The molecule has 5 nitrogen and oxygen atoms in total. The third-order valence-corrected chi connectivity index (χ3v) is 8.29. The molecule has 2 amide bonds. The molecule has 2 heterocycles. The third kappa shape index (κ3) is 2.36. The van der Waals surface area contributed by atoms with Gasteiger partial charge in [0.1, 0.15) is 5.75 Å². The smallest absolute Gasteiger partial charge is 0.315 e. The van der Waals surface area contributed by atoms with Crippen molar-refractivity contribution in [1.29, 1.82) is 0 Å². The van der Waals surface area contributed by atoms with Crippen LogP contribution in [0.15, 0.2) is 18.2 Å². The third-order valence-electron chi connectivity index (χ3n) is 8.29. The molecule has 1 aromatic carbocycles. The van der Waals surface area contributed by atoms with E-state index in [0.717, 1.165) is 44.7 Å². The van der Waals surface area contributed by atoms with Gasteiger partial charge in [0.15, 0.2) is 0 Å². The fourth-order valence-electron chi connectivity index (χ4n) is 6.96. The largest absolute Gasteiger partial charge is 0.508 e. The zero-order valence-electron chi connectivity index (χ0n) is 15.8. The average Bonchev–Trinajstić information content (AvgIpc) is 3.40. The zero-order valence-corrected chi connectivity index (χ0v) is 15.8. The van der Waals surface area contributed by atoms with Crippen molar-refractivity contribution in [1.82, 2.24) is 15.5 Å². The summed E-state index contributed by atoms with van der Waals surface area (Å²) in [6.07, 6.45) is 8.33. The summed E-state index contributed by atoms with van der Waals surface area (Å²) in [6, 6.07) is 6.66. The molecule has 0 radical (unpaired) electrons. The molecule has 6 rings (SSSR count). The number of hydrogen-bond donors (Lipinski definition) is 3. The van der Waals surface area contributed by atoms with Gasteiger partial charge in [-0.05, 0) is 86.6 Å². The topological polar surface area (TPSA) is 64.6 Å². The Bertz CT molecular complexity index is 807. The molecule has 2 saturated heterocycles. The highest BCUT2D eigenvalue weighted by Crippen LogP contribution is 2.58. The van der Waals surface area contributed by atoms with Crippen molar-refractivity contribution in [2.24, 2.45) is 11.8 Å². The van der Waals surface area contributed by atoms with Crippen LogP contribution in [0, 0.1) is 11.8 Å². The number of piperidine rings is 1. The van der Waals surface area contributed by atoms with Gasteiger partial charge in [-0.25, -0.2) is 4.79 Å². The molecule has 2 saturated carbocycles. The Morgan fingerprint density at radius 2 is 2.11 bits per heavy atom. The van der Waals surface area contributed by atoms with Crippen molar-refractivity contribution in [3.63, 3.8) is 0 Å². The number of carbonyl (C=O) groups is 1. The maximum atomic E-state index is 12.0. The molecule has 4 atom stereocenters. The lowest BCUT2D eigenvalue weighted by Gasteiger charge is -2.62. The number of fused-ring (bicyclic) bond motifs is 1. The predicted molar refractivity (Wildman–Crippen MR) is 103 cm³/mol. The molecular weight excluding hydrogens is 338 g/mol. The van der Waals surface area contributed by atoms with Crippen molar-refractivity contribution < 1.29 is 9.90 Å². The molecule has 2 bridgehead atoms. The van der Waals surface area contributed by atoms with Crippen LogP contribution in [0.4, 0.5) is 4.79 Å². The molecule has 144 valence electrons. The van der Waals surface area contributed by atoms with Crippen LogP contribution >= 0.6 is 0 Å². The van der Waals surface area contributed by atoms with Gasteiger partial charge in [0.2, 0.25) is 0 Å². The van der Waals surface area contributed by atoms with Gasteiger partial charge < -0.3 is 15.7 Å². The van der Waals surface area contributed by atoms with Gasteiger partial charge in [-0.3, -0.25) is 4.90 Å². The van der Waals surface area contributed by atoms with E-state index in [1.54, 1.807) is 0 Å². The number of likely N-dealkylation sites (tertiary alicyclic amines) is 1. The lowest BCUT2D eigenvalue weighted by atomic mass is 9.49. The molecule has 27 heavy (non-hydrogen) atoms. The molecule has 5 heteroatoms. The summed E-state index contributed by atoms with van der Waals surface area (Å²) < 4.78 is 0. The Kier molecular flexibility index (Phi) is 3.25. The quantitative estimate of drug-likeness (QED) is 0.753. The summed E-state index contributed by atoms with van der Waals surface area (Å²) in [6.45, 7) is 3.17. The van der Waals surface area contributed by atoms with Crippen molar-refractivity contribution in [2.75, 3.05) is 19.6 Å². The summed E-state index contributed by atoms with van der Waals surface area (Å²) in [5, 5.41) is 16.5. The van der Waals surface area contributed by atoms with E-state index in [-0.39, 0.29) is 17.0 Å². The normalized spacial score (nSPS) is 40.2. The SMILES string of the molecule is O=C1NC[C@@]2(CC[C@H]3[C@H]4Cc5ccc(O)cc5[C@@]3(CCN4CC3CC3)C2)N1. The van der Waals surface area contributed by atoms with Gasteiger partial charge in [-0.2, -0.15) is 0 Å². The number of nitrogens with zero attached hydrogens (tertiary/aromatic N) is 1. The van der Waals surface area contributed by atoms with Crippen molar-refractivity contribution in [2.45, 2.75) is 61.9 Å². The van der Waals surface area contributed by atoms with Crippen LogP contribution in [0.1, 0.15) is 49.7 Å². The van der Waals surface area contributed by atoms with Gasteiger partial charge >= 0.3 is 6.03 Å². The second-order valence-electron chi connectivity index (χ2n) is 9.87. The van der Waals surface area contributed by atoms with Crippen LogP contribution < -0.4 is 10.6 Å². The number of hydrogen-bond acceptors (Lipinski definition) is 3. The highest BCUT2D eigenvalue weighted by molar-refractivity contribution is 5.77. The van der Waals surface area contributed by atoms with Crippen molar-refractivity contribution in [3.05, 3.63) is 29.3 Å². The first-order valence-electron chi connectivity index (χ1n) is 10.7. The zero-order chi connectivity index (χ0) is 18.2. The minimum Gasteiger partial charge on any atom is -0.508 e. The number of phenolic OH excluding ortho intramolecular Hbond substituents is 1. The van der Waals surface area contributed by atoms with E-state index in [4.69, 9.17) is 0 Å². The molecule has 0 unspecified atom stereocenters. The number of carbonyl (C=O) groups excluding carboxylic acids is 1. The molecule has 2 aliphatic heterocycles. The summed E-state index contributed by atoms with van der Waals surface area (Å²) in [5.74, 6) is 1.95. The fraction of sp³-hybridized carbons (Fsp3) is 0.682. The van der Waals surface area contributed by atoms with Gasteiger partial charge in [0.25, 0.3) is 0 Å². The molecule has 5 aliphatic rings. The number of urea groups is 1. The second kappa shape index (κ2) is 5.40. The van der Waals surface area contributed by atoms with E-state index in [2.05, 4.69) is 21.6 Å². The van der Waals surface area contributed by atoms with E-state index in [9.17, 15) is 9.90 Å². The number of phenols is 1. The van der Waals surface area contributed by atoms with Gasteiger partial charge in [-0.15, -0.1) is 0 Å². The first-order valence-corrected chi connectivity index (χ1v) is 10.7. The number of benzene rings is 1. The first-order chi connectivity index (χ1) is 13.1. The van der Waals surface area contributed by atoms with Gasteiger partial charge in [0, 0.05) is 24.5 Å². The number of nitrogens with one attached hydrogen (secondary N) is 2. The Morgan fingerprint density at radius 1 is 1.22 bits per heavy atom. The highest BCUT2D eigenvalue weighted by Gasteiger charge is 2.60. The highest BCUT2D eigenvalue weighted by atomic mass is 16.3. The second-order valence-corrected chi connectivity index (χ2v) is 9.87. The Morgan fingerprint density at radius 3 is 2.89 bits per heavy atom. The Hall–Kier alpha value is -1.75. The van der Waals surface area contributed by atoms with Crippen LogP contribution in [-0.2, 0) is 11.8 Å². The average molecular weight is 367 g/mol. The molecular formula is C22H29N3O2. The van der Waals surface area contributed by atoms with E-state index < -0.39 is 0 Å². The maximum Gasteiger partial charge on any atom is 0.315 e. The van der Waals surface area contributed by atoms with Crippen molar-refractivity contribution >= 4 is 6.03 Å². The first kappa shape index (κ1) is 16.2. The molecule has 1 aromatic rings. The van der Waals surface area contributed by atoms with Crippen LogP contribution in [0.3, 0.4) is 0 Å². The van der Waals surface area contributed by atoms with Gasteiger partial charge in [0.05, 0.1) is 5.54 Å².